The van der Waals surface area contributed by atoms with Gasteiger partial charge in [-0.3, -0.25) is 0 Å². The lowest BCUT2D eigenvalue weighted by Crippen LogP contribution is -2.29. The lowest BCUT2D eigenvalue weighted by molar-refractivity contribution is 0.191. The first-order valence-corrected chi connectivity index (χ1v) is 5.36. The highest BCUT2D eigenvalue weighted by molar-refractivity contribution is 5.42. The normalized spacial score (nSPS) is 12.4. The fraction of sp³-hybridized carbons (Fsp3) is 0.500. The Hall–Kier alpha value is -1.06. The van der Waals surface area contributed by atoms with E-state index in [1.54, 1.807) is 7.11 Å². The van der Waals surface area contributed by atoms with Crippen molar-refractivity contribution >= 4 is 5.69 Å². The lowest BCUT2D eigenvalue weighted by Gasteiger charge is -2.13. The summed E-state index contributed by atoms with van der Waals surface area (Å²) in [6, 6.07) is 10.3. The first-order chi connectivity index (χ1) is 7.33. The molecule has 0 aliphatic heterocycles. The van der Waals surface area contributed by atoms with E-state index in [0.717, 1.165) is 31.7 Å². The van der Waals surface area contributed by atoms with Crippen molar-refractivity contribution in [3.63, 3.8) is 0 Å². The maximum atomic E-state index is 5.94. The second-order valence-electron chi connectivity index (χ2n) is 3.64. The number of hydrogen-bond acceptors (Lipinski definition) is 3. The van der Waals surface area contributed by atoms with Crippen molar-refractivity contribution < 1.29 is 4.74 Å². The van der Waals surface area contributed by atoms with Gasteiger partial charge in [-0.05, 0) is 25.0 Å². The van der Waals surface area contributed by atoms with Crippen LogP contribution in [0.4, 0.5) is 5.69 Å². The standard InChI is InChI=1S/C12H20N2O/c1-15-9-5-6-11(13)10-14-12-7-3-2-4-8-12/h2-4,7-8,11,14H,5-6,9-10,13H2,1H3. The number of benzene rings is 1. The Bertz CT molecular complexity index is 251. The highest BCUT2D eigenvalue weighted by Crippen LogP contribution is 2.05. The topological polar surface area (TPSA) is 47.3 Å². The molecule has 1 aromatic rings. The molecule has 0 fully saturated rings. The van der Waals surface area contributed by atoms with Gasteiger partial charge in [0, 0.05) is 32.0 Å². The molecule has 15 heavy (non-hydrogen) atoms. The van der Waals surface area contributed by atoms with E-state index in [-0.39, 0.29) is 6.04 Å². The van der Waals surface area contributed by atoms with Crippen molar-refractivity contribution in [2.24, 2.45) is 5.73 Å². The van der Waals surface area contributed by atoms with Gasteiger partial charge >= 0.3 is 0 Å². The molecule has 1 atom stereocenters. The summed E-state index contributed by atoms with van der Waals surface area (Å²) >= 11 is 0. The van der Waals surface area contributed by atoms with Gasteiger partial charge in [-0.1, -0.05) is 18.2 Å². The molecule has 0 saturated heterocycles. The number of nitrogens with two attached hydrogens (primary N) is 1. The summed E-state index contributed by atoms with van der Waals surface area (Å²) < 4.78 is 4.98. The van der Waals surface area contributed by atoms with Crippen molar-refractivity contribution in [1.29, 1.82) is 0 Å². The molecule has 0 aliphatic carbocycles. The Labute approximate surface area is 91.6 Å². The third kappa shape index (κ3) is 5.40. The fourth-order valence-electron chi connectivity index (χ4n) is 1.40. The number of nitrogens with one attached hydrogen (secondary N) is 1. The number of hydrogen-bond donors (Lipinski definition) is 2. The van der Waals surface area contributed by atoms with E-state index >= 15 is 0 Å². The zero-order valence-electron chi connectivity index (χ0n) is 9.28. The van der Waals surface area contributed by atoms with Crippen molar-refractivity contribution in [3.8, 4) is 0 Å². The maximum absolute atomic E-state index is 5.94. The summed E-state index contributed by atoms with van der Waals surface area (Å²) in [6.45, 7) is 1.60. The summed E-state index contributed by atoms with van der Waals surface area (Å²) in [5.74, 6) is 0. The second kappa shape index (κ2) is 7.26. The predicted octanol–water partition coefficient (Wildman–Crippen LogP) is 1.85. The van der Waals surface area contributed by atoms with E-state index in [2.05, 4.69) is 5.32 Å². The molecular weight excluding hydrogens is 188 g/mol. The van der Waals surface area contributed by atoms with Crippen LogP contribution in [0.1, 0.15) is 12.8 Å². The van der Waals surface area contributed by atoms with E-state index in [0.29, 0.717) is 0 Å². The zero-order valence-corrected chi connectivity index (χ0v) is 9.28. The summed E-state index contributed by atoms with van der Waals surface area (Å²) in [4.78, 5) is 0. The van der Waals surface area contributed by atoms with Gasteiger partial charge in [-0.15, -0.1) is 0 Å². The first kappa shape index (κ1) is 12.0. The molecule has 3 N–H and O–H groups in total. The molecule has 0 radical (unpaired) electrons. The molecule has 0 saturated carbocycles. The fourth-order valence-corrected chi connectivity index (χ4v) is 1.40. The molecule has 0 bridgehead atoms. The maximum Gasteiger partial charge on any atom is 0.0462 e. The van der Waals surface area contributed by atoms with Gasteiger partial charge < -0.3 is 15.8 Å². The summed E-state index contributed by atoms with van der Waals surface area (Å²) in [7, 11) is 1.72. The molecular formula is C12H20N2O. The van der Waals surface area contributed by atoms with Crippen molar-refractivity contribution in [2.75, 3.05) is 25.6 Å². The molecule has 0 heterocycles. The summed E-state index contributed by atoms with van der Waals surface area (Å²) in [5, 5.41) is 3.31. The smallest absolute Gasteiger partial charge is 0.0462 e. The van der Waals surface area contributed by atoms with Crippen LogP contribution < -0.4 is 11.1 Å². The molecule has 0 spiro atoms. The molecule has 0 aliphatic rings. The Balaban J connectivity index is 2.14. The monoisotopic (exact) mass is 208 g/mol. The van der Waals surface area contributed by atoms with E-state index in [9.17, 15) is 0 Å². The van der Waals surface area contributed by atoms with Gasteiger partial charge in [0.1, 0.15) is 0 Å². The Morgan fingerprint density at radius 1 is 1.33 bits per heavy atom. The molecule has 1 rings (SSSR count). The Kier molecular flexibility index (Phi) is 5.81. The largest absolute Gasteiger partial charge is 0.385 e. The highest BCUT2D eigenvalue weighted by atomic mass is 16.5. The minimum absolute atomic E-state index is 0.195. The van der Waals surface area contributed by atoms with Crippen LogP contribution in [-0.4, -0.2) is 26.3 Å². The molecule has 0 amide bonds. The minimum atomic E-state index is 0.195. The third-order valence-corrected chi connectivity index (χ3v) is 2.27. The lowest BCUT2D eigenvalue weighted by atomic mass is 10.1. The zero-order chi connectivity index (χ0) is 10.9. The first-order valence-electron chi connectivity index (χ1n) is 5.36. The third-order valence-electron chi connectivity index (χ3n) is 2.27. The van der Waals surface area contributed by atoms with Gasteiger partial charge in [0.15, 0.2) is 0 Å². The van der Waals surface area contributed by atoms with Crippen molar-refractivity contribution in [1.82, 2.24) is 0 Å². The summed E-state index contributed by atoms with van der Waals surface area (Å²) in [6.07, 6.45) is 2.02. The van der Waals surface area contributed by atoms with E-state index in [1.807, 2.05) is 30.3 Å². The number of para-hydroxylation sites is 1. The van der Waals surface area contributed by atoms with Crippen LogP contribution in [0.15, 0.2) is 30.3 Å². The Morgan fingerprint density at radius 2 is 2.07 bits per heavy atom. The van der Waals surface area contributed by atoms with Crippen LogP contribution >= 0.6 is 0 Å². The molecule has 1 unspecified atom stereocenters. The average Bonchev–Trinajstić information content (AvgIpc) is 2.28. The van der Waals surface area contributed by atoms with E-state index < -0.39 is 0 Å². The van der Waals surface area contributed by atoms with Gasteiger partial charge in [0.05, 0.1) is 0 Å². The SMILES string of the molecule is COCCCC(N)CNc1ccccc1. The number of ether oxygens (including phenoxy) is 1. The van der Waals surface area contributed by atoms with Gasteiger partial charge in [-0.2, -0.15) is 0 Å². The van der Waals surface area contributed by atoms with Crippen LogP contribution in [0.3, 0.4) is 0 Å². The molecule has 0 aromatic heterocycles. The van der Waals surface area contributed by atoms with Crippen molar-refractivity contribution in [2.45, 2.75) is 18.9 Å². The second-order valence-corrected chi connectivity index (χ2v) is 3.64. The quantitative estimate of drug-likeness (QED) is 0.672. The highest BCUT2D eigenvalue weighted by Gasteiger charge is 2.01. The summed E-state index contributed by atoms with van der Waals surface area (Å²) in [5.41, 5.74) is 7.07. The van der Waals surface area contributed by atoms with Crippen LogP contribution in [0, 0.1) is 0 Å². The van der Waals surface area contributed by atoms with Gasteiger partial charge in [0.2, 0.25) is 0 Å². The predicted molar refractivity (Wildman–Crippen MR) is 64.0 cm³/mol. The van der Waals surface area contributed by atoms with Crippen LogP contribution in [0.5, 0.6) is 0 Å². The molecule has 84 valence electrons. The van der Waals surface area contributed by atoms with Crippen molar-refractivity contribution in [3.05, 3.63) is 30.3 Å². The number of rotatable bonds is 7. The Morgan fingerprint density at radius 3 is 2.73 bits per heavy atom. The van der Waals surface area contributed by atoms with Gasteiger partial charge in [0.25, 0.3) is 0 Å². The minimum Gasteiger partial charge on any atom is -0.385 e. The van der Waals surface area contributed by atoms with Crippen LogP contribution in [-0.2, 0) is 4.74 Å². The molecule has 3 heteroatoms. The molecule has 3 nitrogen and oxygen atoms in total. The van der Waals surface area contributed by atoms with Crippen LogP contribution in [0.2, 0.25) is 0 Å². The van der Waals surface area contributed by atoms with Crippen LogP contribution in [0.25, 0.3) is 0 Å². The number of anilines is 1. The van der Waals surface area contributed by atoms with E-state index in [1.165, 1.54) is 0 Å². The van der Waals surface area contributed by atoms with Gasteiger partial charge in [-0.25, -0.2) is 0 Å². The van der Waals surface area contributed by atoms with E-state index in [4.69, 9.17) is 10.5 Å². The number of methoxy groups -OCH3 is 1. The average molecular weight is 208 g/mol. The molecule has 1 aromatic carbocycles.